The van der Waals surface area contributed by atoms with E-state index < -0.39 is 5.97 Å². The second kappa shape index (κ2) is 4.96. The summed E-state index contributed by atoms with van der Waals surface area (Å²) in [6.07, 6.45) is 1.37. The average Bonchev–Trinajstić information content (AvgIpc) is 2.77. The summed E-state index contributed by atoms with van der Waals surface area (Å²) in [5, 5.41) is 9.28. The molecule has 92 valence electrons. The largest absolute Gasteiger partial charge is 0.477 e. The fourth-order valence-corrected chi connectivity index (χ4v) is 2.34. The maximum atomic E-state index is 12.1. The lowest BCUT2D eigenvalue weighted by Crippen LogP contribution is -2.01. The quantitative estimate of drug-likeness (QED) is 0.849. The molecule has 4 nitrogen and oxygen atoms in total. The van der Waals surface area contributed by atoms with Crippen LogP contribution in [-0.2, 0) is 0 Å². The van der Waals surface area contributed by atoms with Gasteiger partial charge in [-0.3, -0.25) is 4.79 Å². The maximum Gasteiger partial charge on any atom is 0.352 e. The molecule has 0 aliphatic rings. The van der Waals surface area contributed by atoms with E-state index in [1.54, 1.807) is 18.2 Å². The van der Waals surface area contributed by atoms with E-state index in [2.05, 4.69) is 20.9 Å². The lowest BCUT2D eigenvalue weighted by Gasteiger charge is -2.02. The van der Waals surface area contributed by atoms with Crippen LogP contribution in [0.3, 0.4) is 0 Å². The number of carboxylic acids is 1. The first-order valence-electron chi connectivity index (χ1n) is 4.90. The third-order valence-electron chi connectivity index (χ3n) is 2.35. The number of carbonyl (C=O) groups is 2. The number of hydrogen-bond donors (Lipinski definition) is 2. The number of benzene rings is 1. The summed E-state index contributed by atoms with van der Waals surface area (Å²) < 4.78 is 0.568. The summed E-state index contributed by atoms with van der Waals surface area (Å²) in [6.45, 7) is 0. The van der Waals surface area contributed by atoms with Crippen LogP contribution < -0.4 is 0 Å². The molecule has 0 spiro atoms. The van der Waals surface area contributed by atoms with Gasteiger partial charge in [-0.15, -0.1) is 0 Å². The molecule has 0 radical (unpaired) electrons. The monoisotopic (exact) mass is 327 g/mol. The van der Waals surface area contributed by atoms with E-state index in [0.717, 1.165) is 0 Å². The Balaban J connectivity index is 2.38. The third-order valence-corrected chi connectivity index (χ3v) is 3.24. The molecule has 0 aliphatic heterocycles. The van der Waals surface area contributed by atoms with Gasteiger partial charge in [-0.05, 0) is 40.2 Å². The van der Waals surface area contributed by atoms with Gasteiger partial charge in [0.15, 0.2) is 5.78 Å². The van der Waals surface area contributed by atoms with Crippen molar-refractivity contribution < 1.29 is 14.7 Å². The van der Waals surface area contributed by atoms with Crippen LogP contribution in [0, 0.1) is 0 Å². The van der Waals surface area contributed by atoms with Crippen LogP contribution in [0.25, 0.3) is 0 Å². The standard InChI is InChI=1S/C12H7BrClNO3/c13-9-4-7(14)1-2-8(9)11(16)6-3-10(12(17)18)15-5-6/h1-5,15H,(H,17,18). The topological polar surface area (TPSA) is 70.2 Å². The number of carboxylic acid groups (broad SMARTS) is 1. The fraction of sp³-hybridized carbons (Fsp3) is 0. The SMILES string of the molecule is O=C(O)c1cc(C(=O)c2ccc(Cl)cc2Br)c[nH]1. The molecule has 0 saturated heterocycles. The van der Waals surface area contributed by atoms with Crippen LogP contribution in [0.5, 0.6) is 0 Å². The van der Waals surface area contributed by atoms with Crippen LogP contribution in [0.15, 0.2) is 34.9 Å². The van der Waals surface area contributed by atoms with E-state index in [-0.39, 0.29) is 17.0 Å². The summed E-state index contributed by atoms with van der Waals surface area (Å²) in [4.78, 5) is 25.4. The van der Waals surface area contributed by atoms with Crippen LogP contribution >= 0.6 is 27.5 Å². The second-order valence-electron chi connectivity index (χ2n) is 3.56. The van der Waals surface area contributed by atoms with Gasteiger partial charge in [0.05, 0.1) is 0 Å². The number of ketones is 1. The number of halogens is 2. The molecule has 0 aliphatic carbocycles. The summed E-state index contributed by atoms with van der Waals surface area (Å²) in [7, 11) is 0. The minimum absolute atomic E-state index is 0.0246. The Morgan fingerprint density at radius 1 is 1.28 bits per heavy atom. The highest BCUT2D eigenvalue weighted by atomic mass is 79.9. The highest BCUT2D eigenvalue weighted by Crippen LogP contribution is 2.24. The number of rotatable bonds is 3. The first-order chi connectivity index (χ1) is 8.49. The minimum atomic E-state index is -1.11. The van der Waals surface area contributed by atoms with Crippen molar-refractivity contribution in [2.75, 3.05) is 0 Å². The van der Waals surface area contributed by atoms with Crippen molar-refractivity contribution in [2.24, 2.45) is 0 Å². The number of aromatic carboxylic acids is 1. The van der Waals surface area contributed by atoms with Crippen molar-refractivity contribution in [3.05, 3.63) is 56.8 Å². The maximum absolute atomic E-state index is 12.1. The molecule has 2 N–H and O–H groups in total. The van der Waals surface area contributed by atoms with Crippen LogP contribution in [0.2, 0.25) is 5.02 Å². The van der Waals surface area contributed by atoms with Crippen molar-refractivity contribution in [1.82, 2.24) is 4.98 Å². The molecule has 18 heavy (non-hydrogen) atoms. The molecular formula is C12H7BrClNO3. The fourth-order valence-electron chi connectivity index (χ4n) is 1.48. The van der Waals surface area contributed by atoms with Gasteiger partial charge in [0.2, 0.25) is 0 Å². The number of carbonyl (C=O) groups excluding carboxylic acids is 1. The van der Waals surface area contributed by atoms with Crippen LogP contribution in [-0.4, -0.2) is 21.8 Å². The molecule has 0 unspecified atom stereocenters. The lowest BCUT2D eigenvalue weighted by molar-refractivity contribution is 0.0691. The first-order valence-corrected chi connectivity index (χ1v) is 6.07. The van der Waals surface area contributed by atoms with Gasteiger partial charge < -0.3 is 10.1 Å². The number of hydrogen-bond acceptors (Lipinski definition) is 2. The Hall–Kier alpha value is -1.59. The molecular weight excluding hydrogens is 321 g/mol. The van der Waals surface area contributed by atoms with Gasteiger partial charge in [-0.2, -0.15) is 0 Å². The van der Waals surface area contributed by atoms with E-state index in [0.29, 0.717) is 15.1 Å². The smallest absolute Gasteiger partial charge is 0.352 e. The molecule has 0 atom stereocenters. The van der Waals surface area contributed by atoms with Gasteiger partial charge in [0, 0.05) is 26.8 Å². The summed E-state index contributed by atoms with van der Waals surface area (Å²) in [6, 6.07) is 6.10. The van der Waals surface area contributed by atoms with Gasteiger partial charge in [-0.1, -0.05) is 11.6 Å². The predicted molar refractivity (Wildman–Crippen MR) is 70.3 cm³/mol. The molecule has 1 heterocycles. The third kappa shape index (κ3) is 2.47. The van der Waals surface area contributed by atoms with E-state index in [1.807, 2.05) is 0 Å². The van der Waals surface area contributed by atoms with Crippen molar-refractivity contribution in [3.8, 4) is 0 Å². The Morgan fingerprint density at radius 3 is 2.56 bits per heavy atom. The zero-order valence-electron chi connectivity index (χ0n) is 8.91. The molecule has 1 aromatic carbocycles. The summed E-state index contributed by atoms with van der Waals surface area (Å²) >= 11 is 9.04. The molecule has 0 amide bonds. The van der Waals surface area contributed by atoms with Gasteiger partial charge in [-0.25, -0.2) is 4.79 Å². The second-order valence-corrected chi connectivity index (χ2v) is 4.85. The van der Waals surface area contributed by atoms with E-state index >= 15 is 0 Å². The average molecular weight is 329 g/mol. The number of aromatic amines is 1. The molecule has 0 bridgehead atoms. The highest BCUT2D eigenvalue weighted by molar-refractivity contribution is 9.10. The highest BCUT2D eigenvalue weighted by Gasteiger charge is 2.16. The molecule has 6 heteroatoms. The van der Waals surface area contributed by atoms with Crippen molar-refractivity contribution >= 4 is 39.3 Å². The molecule has 2 aromatic rings. The van der Waals surface area contributed by atoms with Crippen molar-refractivity contribution in [2.45, 2.75) is 0 Å². The Labute approximate surface area is 116 Å². The Bertz CT molecular complexity index is 636. The van der Waals surface area contributed by atoms with Crippen molar-refractivity contribution in [3.63, 3.8) is 0 Å². The summed E-state index contributed by atoms with van der Waals surface area (Å²) in [5.41, 5.74) is 0.689. The first kappa shape index (κ1) is 12.9. The van der Waals surface area contributed by atoms with E-state index in [9.17, 15) is 9.59 Å². The van der Waals surface area contributed by atoms with Crippen LogP contribution in [0.1, 0.15) is 26.4 Å². The number of nitrogens with one attached hydrogen (secondary N) is 1. The number of aromatic nitrogens is 1. The normalized spacial score (nSPS) is 10.3. The Morgan fingerprint density at radius 2 is 2.00 bits per heavy atom. The Kier molecular flexibility index (Phi) is 3.54. The molecule has 2 rings (SSSR count). The predicted octanol–water partition coefficient (Wildman–Crippen LogP) is 3.36. The van der Waals surface area contributed by atoms with Gasteiger partial charge in [0.1, 0.15) is 5.69 Å². The lowest BCUT2D eigenvalue weighted by atomic mass is 10.1. The summed E-state index contributed by atoms with van der Waals surface area (Å²) in [5.74, 6) is -1.38. The number of H-pyrrole nitrogens is 1. The van der Waals surface area contributed by atoms with Crippen LogP contribution in [0.4, 0.5) is 0 Å². The zero-order chi connectivity index (χ0) is 13.3. The van der Waals surface area contributed by atoms with E-state index in [4.69, 9.17) is 16.7 Å². The van der Waals surface area contributed by atoms with Crippen molar-refractivity contribution in [1.29, 1.82) is 0 Å². The molecule has 0 saturated carbocycles. The zero-order valence-corrected chi connectivity index (χ0v) is 11.2. The minimum Gasteiger partial charge on any atom is -0.477 e. The molecule has 0 fully saturated rings. The van der Waals surface area contributed by atoms with Gasteiger partial charge in [0.25, 0.3) is 0 Å². The van der Waals surface area contributed by atoms with E-state index in [1.165, 1.54) is 12.3 Å². The van der Waals surface area contributed by atoms with Gasteiger partial charge >= 0.3 is 5.97 Å². The molecule has 1 aromatic heterocycles.